The maximum atomic E-state index is 10.9. The first-order valence-electron chi connectivity index (χ1n) is 16.5. The number of anilines is 2. The fourth-order valence-electron chi connectivity index (χ4n) is 4.10. The third-order valence-electron chi connectivity index (χ3n) is 7.01. The summed E-state index contributed by atoms with van der Waals surface area (Å²) in [4.78, 5) is 53.3. The molecule has 7 rings (SSSR count). The minimum absolute atomic E-state index is 0.229. The highest BCUT2D eigenvalue weighted by Gasteiger charge is 2.27. The van der Waals surface area contributed by atoms with Crippen molar-refractivity contribution >= 4 is 47.0 Å². The van der Waals surface area contributed by atoms with Crippen molar-refractivity contribution in [2.24, 2.45) is 5.84 Å². The van der Waals surface area contributed by atoms with E-state index in [9.17, 15) is 19.2 Å². The standard InChI is InChI=1S/C10H11N5.C8H7ClO2.C7H9N3O.C7H8N2O2.C4H7NO/c11-9-3-1-2-8(13-9)10-14-12-6-15(10)7-4-5-7;9-8(10)11-6-7-4-2-1-3-5-7;1-5-3-2-4-6(9-5)7(11)10-8;1-11-7(10)5-3-2-4-6(8)9-5;6-3-5-4-1-2-4/h1-3,6-7H,4-5H2,(H2,11,13);1-5H,6H2;2-4H,8H2,1H3,(H,10,11);2-4H,1H3,(H2,8,9);3-4H,1-2H2,(H,5,6). The van der Waals surface area contributed by atoms with Crippen molar-refractivity contribution in [1.29, 1.82) is 0 Å². The van der Waals surface area contributed by atoms with Gasteiger partial charge < -0.3 is 30.8 Å². The summed E-state index contributed by atoms with van der Waals surface area (Å²) in [5, 5.41) is 10.6. The van der Waals surface area contributed by atoms with Crippen molar-refractivity contribution in [3.05, 3.63) is 114 Å². The highest BCUT2D eigenvalue weighted by Crippen LogP contribution is 2.37. The number of esters is 1. The van der Waals surface area contributed by atoms with Crippen LogP contribution < -0.4 is 28.1 Å². The van der Waals surface area contributed by atoms with Gasteiger partial charge in [-0.1, -0.05) is 48.5 Å². The highest BCUT2D eigenvalue weighted by molar-refractivity contribution is 6.61. The molecule has 2 amide bonds. The Morgan fingerprint density at radius 2 is 1.52 bits per heavy atom. The zero-order chi connectivity index (χ0) is 39.3. The van der Waals surface area contributed by atoms with E-state index in [1.807, 2.05) is 60.9 Å². The number of hydrogen-bond donors (Lipinski definition) is 5. The molecule has 0 atom stereocenters. The molecule has 18 heteroatoms. The lowest BCUT2D eigenvalue weighted by Gasteiger charge is -2.03. The molecule has 284 valence electrons. The van der Waals surface area contributed by atoms with Crippen molar-refractivity contribution in [2.45, 2.75) is 51.3 Å². The molecule has 8 N–H and O–H groups in total. The van der Waals surface area contributed by atoms with Crippen LogP contribution in [0.25, 0.3) is 11.5 Å². The fourth-order valence-corrected chi connectivity index (χ4v) is 4.15. The van der Waals surface area contributed by atoms with E-state index >= 15 is 0 Å². The van der Waals surface area contributed by atoms with Crippen LogP contribution >= 0.6 is 11.6 Å². The summed E-state index contributed by atoms with van der Waals surface area (Å²) < 4.78 is 11.1. The first-order valence-corrected chi connectivity index (χ1v) is 16.9. The Hall–Kier alpha value is -6.46. The van der Waals surface area contributed by atoms with Gasteiger partial charge in [-0.25, -0.2) is 30.4 Å². The number of pyridine rings is 3. The van der Waals surface area contributed by atoms with E-state index in [4.69, 9.17) is 28.9 Å². The maximum Gasteiger partial charge on any atom is 0.404 e. The monoisotopic (exact) mass is 759 g/mol. The minimum atomic E-state index is -0.770. The molecule has 0 radical (unpaired) electrons. The van der Waals surface area contributed by atoms with E-state index in [0.29, 0.717) is 29.4 Å². The number of aryl methyl sites for hydroxylation is 1. The van der Waals surface area contributed by atoms with Gasteiger partial charge in [-0.2, -0.15) is 0 Å². The molecule has 0 bridgehead atoms. The van der Waals surface area contributed by atoms with Crippen LogP contribution in [-0.2, 0) is 20.9 Å². The number of nitrogens with zero attached hydrogens (tertiary/aromatic N) is 6. The Kier molecular flexibility index (Phi) is 17.5. The largest absolute Gasteiger partial charge is 0.464 e. The summed E-state index contributed by atoms with van der Waals surface area (Å²) in [7, 11) is 1.30. The number of rotatable bonds is 8. The molecule has 1 aromatic carbocycles. The van der Waals surface area contributed by atoms with Gasteiger partial charge in [0.1, 0.15) is 36.0 Å². The number of amides is 2. The van der Waals surface area contributed by atoms with Gasteiger partial charge in [-0.15, -0.1) is 10.2 Å². The molecule has 0 unspecified atom stereocenters. The van der Waals surface area contributed by atoms with Gasteiger partial charge in [0.05, 0.1) is 7.11 Å². The van der Waals surface area contributed by atoms with Gasteiger partial charge >= 0.3 is 11.4 Å². The van der Waals surface area contributed by atoms with Gasteiger partial charge in [0, 0.05) is 29.4 Å². The quantitative estimate of drug-likeness (QED) is 0.0372. The Labute approximate surface area is 316 Å². The van der Waals surface area contributed by atoms with Crippen LogP contribution in [0.2, 0.25) is 0 Å². The Morgan fingerprint density at radius 1 is 0.870 bits per heavy atom. The third kappa shape index (κ3) is 15.8. The number of hydrogen-bond acceptors (Lipinski definition) is 14. The summed E-state index contributed by atoms with van der Waals surface area (Å²) in [5.74, 6) is 5.71. The molecule has 2 aliphatic carbocycles. The zero-order valence-electron chi connectivity index (χ0n) is 29.7. The maximum absolute atomic E-state index is 10.9. The second kappa shape index (κ2) is 22.5. The van der Waals surface area contributed by atoms with Crippen LogP contribution in [0.4, 0.5) is 16.4 Å². The first-order chi connectivity index (χ1) is 26.0. The van der Waals surface area contributed by atoms with E-state index in [0.717, 1.165) is 29.2 Å². The summed E-state index contributed by atoms with van der Waals surface area (Å²) in [6.45, 7) is 2.05. The molecular weight excluding hydrogens is 718 g/mol. The lowest BCUT2D eigenvalue weighted by atomic mass is 10.2. The van der Waals surface area contributed by atoms with Crippen LogP contribution in [0.3, 0.4) is 0 Å². The van der Waals surface area contributed by atoms with Crippen LogP contribution in [0.5, 0.6) is 0 Å². The molecule has 2 aliphatic rings. The van der Waals surface area contributed by atoms with Gasteiger partial charge in [-0.3, -0.25) is 15.0 Å². The van der Waals surface area contributed by atoms with Crippen molar-refractivity contribution in [2.75, 3.05) is 18.6 Å². The second-order valence-corrected chi connectivity index (χ2v) is 11.7. The molecule has 0 aliphatic heterocycles. The predicted molar refractivity (Wildman–Crippen MR) is 201 cm³/mol. The fraction of sp³-hybridized carbons (Fsp3) is 0.250. The summed E-state index contributed by atoms with van der Waals surface area (Å²) in [6, 6.07) is 26.0. The van der Waals surface area contributed by atoms with Crippen molar-refractivity contribution in [3.63, 3.8) is 0 Å². The number of hydrazine groups is 1. The second-order valence-electron chi connectivity index (χ2n) is 11.4. The van der Waals surface area contributed by atoms with E-state index in [1.165, 1.54) is 32.8 Å². The number of benzene rings is 1. The zero-order valence-corrected chi connectivity index (χ0v) is 30.4. The Balaban J connectivity index is 0.000000186. The van der Waals surface area contributed by atoms with E-state index < -0.39 is 11.4 Å². The Bertz CT molecular complexity index is 1880. The van der Waals surface area contributed by atoms with E-state index in [1.54, 1.807) is 42.7 Å². The highest BCUT2D eigenvalue weighted by atomic mass is 35.5. The lowest BCUT2D eigenvalue weighted by Crippen LogP contribution is -2.30. The average molecular weight is 760 g/mol. The average Bonchev–Trinajstić information content (AvgIpc) is 4.14. The number of nitrogens with two attached hydrogens (primary N) is 3. The SMILES string of the molecule is COC(=O)c1cccc(N)n1.Cc1cccc(C(=O)NN)n1.Nc1cccc(-c2nncn2C2CC2)n1.O=C(Cl)OCc1ccccc1.O=CNC1CC1. The number of carbonyl (C=O) groups is 4. The van der Waals surface area contributed by atoms with Crippen LogP contribution in [-0.4, -0.2) is 66.6 Å². The number of nitrogen functional groups attached to an aromatic ring is 3. The van der Waals surface area contributed by atoms with Gasteiger partial charge in [0.2, 0.25) is 6.41 Å². The normalized spacial score (nSPS) is 12.1. The first kappa shape index (κ1) is 42.0. The third-order valence-corrected chi connectivity index (χ3v) is 7.12. The van der Waals surface area contributed by atoms with Crippen LogP contribution in [0, 0.1) is 6.92 Å². The van der Waals surface area contributed by atoms with E-state index in [-0.39, 0.29) is 18.2 Å². The van der Waals surface area contributed by atoms with Gasteiger partial charge in [-0.05, 0) is 74.6 Å². The molecule has 0 saturated heterocycles. The van der Waals surface area contributed by atoms with Crippen molar-refractivity contribution in [1.82, 2.24) is 40.5 Å². The summed E-state index contributed by atoms with van der Waals surface area (Å²) in [5.41, 5.74) is 15.3. The van der Waals surface area contributed by atoms with Gasteiger partial charge in [0.25, 0.3) is 5.91 Å². The minimum Gasteiger partial charge on any atom is -0.464 e. The van der Waals surface area contributed by atoms with Crippen LogP contribution in [0.15, 0.2) is 91.3 Å². The number of ether oxygens (including phenoxy) is 2. The number of halogens is 1. The van der Waals surface area contributed by atoms with Crippen molar-refractivity contribution in [3.8, 4) is 11.5 Å². The smallest absolute Gasteiger partial charge is 0.404 e. The lowest BCUT2D eigenvalue weighted by molar-refractivity contribution is -0.109. The molecule has 4 aromatic heterocycles. The van der Waals surface area contributed by atoms with Crippen LogP contribution in [0.1, 0.15) is 64.0 Å². The molecule has 5 aromatic rings. The number of nitrogens with one attached hydrogen (secondary N) is 2. The number of methoxy groups -OCH3 is 1. The molecule has 17 nitrogen and oxygen atoms in total. The van der Waals surface area contributed by atoms with Crippen molar-refractivity contribution < 1.29 is 28.7 Å². The van der Waals surface area contributed by atoms with E-state index in [2.05, 4.69) is 44.5 Å². The molecule has 2 fully saturated rings. The molecule has 2 saturated carbocycles. The number of aromatic nitrogens is 6. The topological polar surface area (TPSA) is 258 Å². The van der Waals surface area contributed by atoms with Gasteiger partial charge in [0.15, 0.2) is 11.5 Å². The molecular formula is C36H42ClN11O6. The molecule has 4 heterocycles. The predicted octanol–water partition coefficient (Wildman–Crippen LogP) is 4.16. The summed E-state index contributed by atoms with van der Waals surface area (Å²) >= 11 is 4.97. The Morgan fingerprint density at radius 3 is 2.06 bits per heavy atom. The molecule has 54 heavy (non-hydrogen) atoms. The number of carbonyl (C=O) groups excluding carboxylic acids is 4. The summed E-state index contributed by atoms with van der Waals surface area (Å²) in [6.07, 6.45) is 7.29. The molecule has 0 spiro atoms.